The van der Waals surface area contributed by atoms with Crippen LogP contribution in [0.5, 0.6) is 5.75 Å². The fourth-order valence-electron chi connectivity index (χ4n) is 2.65. The molecular weight excluding hydrogens is 364 g/mol. The van der Waals surface area contributed by atoms with Crippen LogP contribution >= 0.6 is 11.6 Å². The van der Waals surface area contributed by atoms with Crippen molar-refractivity contribution in [2.24, 2.45) is 0 Å². The Bertz CT molecular complexity index is 735. The summed E-state index contributed by atoms with van der Waals surface area (Å²) in [5.41, 5.74) is 0.920. The maximum absolute atomic E-state index is 12.8. The maximum Gasteiger partial charge on any atom is 0.242 e. The number of carbonyl (C=O) groups excluding carboxylic acids is 2. The number of hydrogen-bond donors (Lipinski definition) is 1. The molecule has 1 unspecified atom stereocenters. The van der Waals surface area contributed by atoms with Gasteiger partial charge in [-0.25, -0.2) is 0 Å². The first-order valence-corrected chi connectivity index (χ1v) is 9.32. The highest BCUT2D eigenvalue weighted by Crippen LogP contribution is 2.15. The number of para-hydroxylation sites is 1. The van der Waals surface area contributed by atoms with Crippen molar-refractivity contribution in [1.82, 2.24) is 10.2 Å². The molecule has 0 spiro atoms. The number of likely N-dealkylation sites (N-methyl/N-ethyl adjacent to an activating group) is 1. The summed E-state index contributed by atoms with van der Waals surface area (Å²) in [7, 11) is 1.57. The Kier molecular flexibility index (Phi) is 8.14. The molecule has 0 saturated carbocycles. The van der Waals surface area contributed by atoms with Crippen LogP contribution in [0.3, 0.4) is 0 Å². The molecule has 1 N–H and O–H groups in total. The second kappa shape index (κ2) is 10.6. The number of nitrogens with one attached hydrogen (secondary N) is 1. The van der Waals surface area contributed by atoms with Crippen LogP contribution in [0.2, 0.25) is 5.02 Å². The number of amides is 2. The fourth-order valence-corrected chi connectivity index (χ4v) is 2.78. The van der Waals surface area contributed by atoms with Crippen LogP contribution in [0.4, 0.5) is 0 Å². The first-order valence-electron chi connectivity index (χ1n) is 8.94. The molecule has 0 aliphatic rings. The molecule has 27 heavy (non-hydrogen) atoms. The Morgan fingerprint density at radius 3 is 2.41 bits per heavy atom. The molecule has 2 amide bonds. The van der Waals surface area contributed by atoms with Gasteiger partial charge < -0.3 is 15.0 Å². The maximum atomic E-state index is 12.8. The molecule has 0 radical (unpaired) electrons. The van der Waals surface area contributed by atoms with E-state index in [4.69, 9.17) is 16.3 Å². The molecule has 0 saturated heterocycles. The Balaban J connectivity index is 1.95. The Hall–Kier alpha value is -2.53. The smallest absolute Gasteiger partial charge is 0.242 e. The summed E-state index contributed by atoms with van der Waals surface area (Å²) in [6.07, 6.45) is 0.882. The number of carbonyl (C=O) groups is 2. The molecule has 0 aliphatic heterocycles. The quantitative estimate of drug-likeness (QED) is 0.667. The number of nitrogens with zero attached hydrogens (tertiary/aromatic N) is 1. The van der Waals surface area contributed by atoms with Gasteiger partial charge in [0.05, 0.1) is 6.61 Å². The lowest BCUT2D eigenvalue weighted by molar-refractivity contribution is -0.140. The largest absolute Gasteiger partial charge is 0.494 e. The van der Waals surface area contributed by atoms with Gasteiger partial charge in [-0.3, -0.25) is 9.59 Å². The minimum Gasteiger partial charge on any atom is -0.494 e. The van der Waals surface area contributed by atoms with Crippen molar-refractivity contribution in [3.8, 4) is 5.75 Å². The predicted octanol–water partition coefficient (Wildman–Crippen LogP) is 3.66. The van der Waals surface area contributed by atoms with Gasteiger partial charge in [-0.05, 0) is 43.2 Å². The summed E-state index contributed by atoms with van der Waals surface area (Å²) in [6, 6.07) is 16.2. The zero-order chi connectivity index (χ0) is 19.6. The van der Waals surface area contributed by atoms with Gasteiger partial charge in [-0.2, -0.15) is 0 Å². The van der Waals surface area contributed by atoms with Gasteiger partial charge in [-0.15, -0.1) is 0 Å². The van der Waals surface area contributed by atoms with Crippen LogP contribution in [0.25, 0.3) is 0 Å². The topological polar surface area (TPSA) is 58.6 Å². The molecule has 2 aromatic rings. The fraction of sp³-hybridized carbons (Fsp3) is 0.333. The van der Waals surface area contributed by atoms with Gasteiger partial charge >= 0.3 is 0 Å². The molecule has 2 rings (SSSR count). The monoisotopic (exact) mass is 388 g/mol. The highest BCUT2D eigenvalue weighted by atomic mass is 35.5. The van der Waals surface area contributed by atoms with Gasteiger partial charge in [0, 0.05) is 25.0 Å². The average Bonchev–Trinajstić information content (AvgIpc) is 2.70. The third kappa shape index (κ3) is 6.61. The van der Waals surface area contributed by atoms with E-state index in [1.54, 1.807) is 31.0 Å². The van der Waals surface area contributed by atoms with E-state index in [-0.39, 0.29) is 11.8 Å². The minimum atomic E-state index is -0.562. The number of benzene rings is 2. The standard InChI is InChI=1S/C21H25ClN2O3/c1-16(21(26)23-2)24(15-17-10-12-18(22)13-11-17)20(25)9-6-14-27-19-7-4-3-5-8-19/h3-5,7-8,10-13,16H,6,9,14-15H2,1-2H3,(H,23,26). The Morgan fingerprint density at radius 1 is 1.11 bits per heavy atom. The lowest BCUT2D eigenvalue weighted by Gasteiger charge is -2.28. The Labute approximate surface area is 165 Å². The van der Waals surface area contributed by atoms with Crippen LogP contribution < -0.4 is 10.1 Å². The van der Waals surface area contributed by atoms with E-state index < -0.39 is 6.04 Å². The summed E-state index contributed by atoms with van der Waals surface area (Å²) in [6.45, 7) is 2.52. The molecule has 0 aliphatic carbocycles. The van der Waals surface area contributed by atoms with E-state index in [0.29, 0.717) is 31.0 Å². The number of ether oxygens (including phenoxy) is 1. The van der Waals surface area contributed by atoms with Gasteiger partial charge in [0.2, 0.25) is 11.8 Å². The van der Waals surface area contributed by atoms with Crippen molar-refractivity contribution in [2.75, 3.05) is 13.7 Å². The normalized spacial score (nSPS) is 11.5. The van der Waals surface area contributed by atoms with E-state index in [2.05, 4.69) is 5.32 Å². The van der Waals surface area contributed by atoms with Gasteiger partial charge in [-0.1, -0.05) is 41.9 Å². The zero-order valence-electron chi connectivity index (χ0n) is 15.7. The summed E-state index contributed by atoms with van der Waals surface area (Å²) in [5, 5.41) is 3.24. The molecule has 144 valence electrons. The van der Waals surface area contributed by atoms with E-state index in [0.717, 1.165) is 11.3 Å². The molecule has 5 nitrogen and oxygen atoms in total. The second-order valence-corrected chi connectivity index (χ2v) is 6.64. The molecule has 0 bridgehead atoms. The first-order chi connectivity index (χ1) is 13.0. The number of hydrogen-bond acceptors (Lipinski definition) is 3. The lowest BCUT2D eigenvalue weighted by atomic mass is 10.1. The van der Waals surface area contributed by atoms with Crippen LogP contribution in [-0.4, -0.2) is 36.4 Å². The van der Waals surface area contributed by atoms with Gasteiger partial charge in [0.1, 0.15) is 11.8 Å². The minimum absolute atomic E-state index is 0.0855. The van der Waals surface area contributed by atoms with Crippen molar-refractivity contribution in [2.45, 2.75) is 32.4 Å². The van der Waals surface area contributed by atoms with E-state index in [1.165, 1.54) is 0 Å². The Morgan fingerprint density at radius 2 is 1.78 bits per heavy atom. The molecule has 0 heterocycles. The van der Waals surface area contributed by atoms with Crippen LogP contribution in [0, 0.1) is 0 Å². The van der Waals surface area contributed by atoms with Crippen molar-refractivity contribution in [3.05, 3.63) is 65.2 Å². The first kappa shape index (κ1) is 20.8. The van der Waals surface area contributed by atoms with E-state index in [1.807, 2.05) is 42.5 Å². The third-order valence-electron chi connectivity index (χ3n) is 4.23. The SMILES string of the molecule is CNC(=O)C(C)N(Cc1ccc(Cl)cc1)C(=O)CCCOc1ccccc1. The van der Waals surface area contributed by atoms with Crippen molar-refractivity contribution < 1.29 is 14.3 Å². The molecule has 1 atom stereocenters. The highest BCUT2D eigenvalue weighted by Gasteiger charge is 2.25. The third-order valence-corrected chi connectivity index (χ3v) is 4.48. The molecule has 6 heteroatoms. The van der Waals surface area contributed by atoms with Crippen molar-refractivity contribution >= 4 is 23.4 Å². The van der Waals surface area contributed by atoms with Crippen LogP contribution in [0.15, 0.2) is 54.6 Å². The number of halogens is 1. The van der Waals surface area contributed by atoms with Crippen molar-refractivity contribution in [1.29, 1.82) is 0 Å². The summed E-state index contributed by atoms with van der Waals surface area (Å²) in [5.74, 6) is 0.497. The highest BCUT2D eigenvalue weighted by molar-refractivity contribution is 6.30. The summed E-state index contributed by atoms with van der Waals surface area (Å²) in [4.78, 5) is 26.4. The molecule has 0 aromatic heterocycles. The van der Waals surface area contributed by atoms with Crippen LogP contribution in [0.1, 0.15) is 25.3 Å². The van der Waals surface area contributed by atoms with Gasteiger partial charge in [0.15, 0.2) is 0 Å². The van der Waals surface area contributed by atoms with E-state index in [9.17, 15) is 9.59 Å². The molecule has 2 aromatic carbocycles. The lowest BCUT2D eigenvalue weighted by Crippen LogP contribution is -2.46. The van der Waals surface area contributed by atoms with E-state index >= 15 is 0 Å². The predicted molar refractivity (Wildman–Crippen MR) is 107 cm³/mol. The molecular formula is C21H25ClN2O3. The van der Waals surface area contributed by atoms with Crippen LogP contribution in [-0.2, 0) is 16.1 Å². The number of rotatable bonds is 9. The average molecular weight is 389 g/mol. The van der Waals surface area contributed by atoms with Crippen molar-refractivity contribution in [3.63, 3.8) is 0 Å². The summed E-state index contributed by atoms with van der Waals surface area (Å²) >= 11 is 5.92. The summed E-state index contributed by atoms with van der Waals surface area (Å²) < 4.78 is 5.63. The van der Waals surface area contributed by atoms with Gasteiger partial charge in [0.25, 0.3) is 0 Å². The second-order valence-electron chi connectivity index (χ2n) is 6.20. The molecule has 0 fully saturated rings. The zero-order valence-corrected chi connectivity index (χ0v) is 16.4.